The lowest BCUT2D eigenvalue weighted by atomic mass is 10.8. The molecule has 1 heterocycles. The number of hydrogen-bond acceptors (Lipinski definition) is 5. The van der Waals surface area contributed by atoms with Crippen LogP contribution in [0.2, 0.25) is 0 Å². The maximum atomic E-state index is 10.3. The monoisotopic (exact) mass is 173 g/mol. The Morgan fingerprint density at radius 3 is 2.91 bits per heavy atom. The van der Waals surface area contributed by atoms with Gasteiger partial charge in [0.1, 0.15) is 0 Å². The lowest BCUT2D eigenvalue weighted by Crippen LogP contribution is -2.12. The van der Waals surface area contributed by atoms with E-state index in [-0.39, 0.29) is 5.75 Å². The second-order valence-electron chi connectivity index (χ2n) is 1.84. The van der Waals surface area contributed by atoms with Crippen LogP contribution < -0.4 is 5.73 Å². The van der Waals surface area contributed by atoms with Gasteiger partial charge in [0, 0.05) is 6.92 Å². The number of amides is 1. The van der Waals surface area contributed by atoms with Crippen LogP contribution in [0.1, 0.15) is 5.89 Å². The van der Waals surface area contributed by atoms with Crippen molar-refractivity contribution in [3.05, 3.63) is 5.89 Å². The first-order valence-electron chi connectivity index (χ1n) is 2.89. The molecule has 5 nitrogen and oxygen atoms in total. The summed E-state index contributed by atoms with van der Waals surface area (Å²) in [4.78, 5) is 10.3. The first-order chi connectivity index (χ1) is 5.18. The molecule has 0 saturated heterocycles. The number of nitrogens with zero attached hydrogens (tertiary/aromatic N) is 2. The molecule has 2 N–H and O–H groups in total. The molecule has 1 aromatic rings. The maximum absolute atomic E-state index is 10.3. The van der Waals surface area contributed by atoms with Crippen LogP contribution in [0, 0.1) is 6.92 Å². The van der Waals surface area contributed by atoms with Crippen LogP contribution in [-0.2, 0) is 4.79 Å². The second-order valence-corrected chi connectivity index (χ2v) is 2.77. The molecule has 1 rings (SSSR count). The predicted octanol–water partition coefficient (Wildman–Crippen LogP) is -0.0446. The third-order valence-electron chi connectivity index (χ3n) is 0.845. The number of aryl methyl sites for hydroxylation is 1. The summed E-state index contributed by atoms with van der Waals surface area (Å²) in [5.74, 6) is 0.254. The van der Waals surface area contributed by atoms with Crippen molar-refractivity contribution in [3.63, 3.8) is 0 Å². The van der Waals surface area contributed by atoms with E-state index in [9.17, 15) is 4.79 Å². The van der Waals surface area contributed by atoms with E-state index in [0.717, 1.165) is 11.8 Å². The quantitative estimate of drug-likeness (QED) is 0.648. The number of thioether (sulfide) groups is 1. The SMILES string of the molecule is Cc1nnc(SCC(N)=O)o1. The smallest absolute Gasteiger partial charge is 0.277 e. The van der Waals surface area contributed by atoms with Crippen LogP contribution >= 0.6 is 11.8 Å². The van der Waals surface area contributed by atoms with Crippen molar-refractivity contribution in [1.82, 2.24) is 10.2 Å². The van der Waals surface area contributed by atoms with Crippen molar-refractivity contribution in [2.24, 2.45) is 5.73 Å². The molecule has 0 unspecified atom stereocenters. The second kappa shape index (κ2) is 3.38. The number of hydrogen-bond donors (Lipinski definition) is 1. The summed E-state index contributed by atoms with van der Waals surface area (Å²) < 4.78 is 4.97. The van der Waals surface area contributed by atoms with E-state index in [1.165, 1.54) is 0 Å². The van der Waals surface area contributed by atoms with Gasteiger partial charge in [-0.15, -0.1) is 10.2 Å². The van der Waals surface area contributed by atoms with Gasteiger partial charge in [-0.25, -0.2) is 0 Å². The minimum Gasteiger partial charge on any atom is -0.416 e. The molecular formula is C5H7N3O2S. The third kappa shape index (κ3) is 2.58. The molecule has 0 saturated carbocycles. The summed E-state index contributed by atoms with van der Waals surface area (Å²) in [5, 5.41) is 7.61. The van der Waals surface area contributed by atoms with Gasteiger partial charge in [0.2, 0.25) is 11.8 Å². The highest BCUT2D eigenvalue weighted by atomic mass is 32.2. The maximum Gasteiger partial charge on any atom is 0.277 e. The Labute approximate surface area is 67.4 Å². The van der Waals surface area contributed by atoms with Gasteiger partial charge in [0.25, 0.3) is 5.22 Å². The summed E-state index contributed by atoms with van der Waals surface area (Å²) in [7, 11) is 0. The Kier molecular flexibility index (Phi) is 2.48. The summed E-state index contributed by atoms with van der Waals surface area (Å²) >= 11 is 1.13. The highest BCUT2D eigenvalue weighted by Gasteiger charge is 2.03. The average Bonchev–Trinajstić information content (AvgIpc) is 2.31. The minimum atomic E-state index is -0.397. The highest BCUT2D eigenvalue weighted by Crippen LogP contribution is 2.14. The molecular weight excluding hydrogens is 166 g/mol. The van der Waals surface area contributed by atoms with Crippen molar-refractivity contribution in [3.8, 4) is 0 Å². The molecule has 0 aliphatic heterocycles. The van der Waals surface area contributed by atoms with E-state index in [0.29, 0.717) is 11.1 Å². The molecule has 6 heteroatoms. The minimum absolute atomic E-state index is 0.168. The Morgan fingerprint density at radius 1 is 1.73 bits per heavy atom. The number of primary amides is 1. The summed E-state index contributed by atoms with van der Waals surface area (Å²) in [6.45, 7) is 1.68. The molecule has 0 atom stereocenters. The standard InChI is InChI=1S/C5H7N3O2S/c1-3-7-8-5(10-3)11-2-4(6)9/h2H2,1H3,(H2,6,9). The van der Waals surface area contributed by atoms with Crippen LogP contribution in [0.4, 0.5) is 0 Å². The summed E-state index contributed by atoms with van der Waals surface area (Å²) in [6.07, 6.45) is 0. The van der Waals surface area contributed by atoms with Crippen molar-refractivity contribution in [2.45, 2.75) is 12.1 Å². The lowest BCUT2D eigenvalue weighted by Gasteiger charge is -1.87. The molecule has 0 aromatic carbocycles. The molecule has 11 heavy (non-hydrogen) atoms. The third-order valence-corrected chi connectivity index (χ3v) is 1.69. The number of carbonyl (C=O) groups excluding carboxylic acids is 1. The van der Waals surface area contributed by atoms with Crippen LogP contribution in [0.25, 0.3) is 0 Å². The van der Waals surface area contributed by atoms with E-state index in [2.05, 4.69) is 10.2 Å². The first-order valence-corrected chi connectivity index (χ1v) is 3.88. The number of rotatable bonds is 3. The fourth-order valence-electron chi connectivity index (χ4n) is 0.470. The fraction of sp³-hybridized carbons (Fsp3) is 0.400. The number of carbonyl (C=O) groups is 1. The van der Waals surface area contributed by atoms with Gasteiger partial charge >= 0.3 is 0 Å². The Hall–Kier alpha value is -1.04. The van der Waals surface area contributed by atoms with Crippen molar-refractivity contribution in [2.75, 3.05) is 5.75 Å². The zero-order valence-corrected chi connectivity index (χ0v) is 6.72. The van der Waals surface area contributed by atoms with Crippen molar-refractivity contribution in [1.29, 1.82) is 0 Å². The molecule has 0 radical (unpaired) electrons. The normalized spacial score (nSPS) is 9.91. The molecule has 1 amide bonds. The van der Waals surface area contributed by atoms with Gasteiger partial charge in [-0.2, -0.15) is 0 Å². The molecule has 1 aromatic heterocycles. The molecule has 0 bridgehead atoms. The molecule has 0 aliphatic carbocycles. The van der Waals surface area contributed by atoms with Gasteiger partial charge in [-0.05, 0) is 0 Å². The van der Waals surface area contributed by atoms with Gasteiger partial charge in [0.05, 0.1) is 5.75 Å². The largest absolute Gasteiger partial charge is 0.416 e. The topological polar surface area (TPSA) is 82.0 Å². The number of nitrogens with two attached hydrogens (primary N) is 1. The van der Waals surface area contributed by atoms with Crippen LogP contribution in [-0.4, -0.2) is 21.9 Å². The Balaban J connectivity index is 2.45. The van der Waals surface area contributed by atoms with Gasteiger partial charge < -0.3 is 10.2 Å². The summed E-state index contributed by atoms with van der Waals surface area (Å²) in [5.41, 5.74) is 4.90. The zero-order valence-electron chi connectivity index (χ0n) is 5.90. The van der Waals surface area contributed by atoms with E-state index < -0.39 is 5.91 Å². The first kappa shape index (κ1) is 8.06. The van der Waals surface area contributed by atoms with Crippen molar-refractivity contribution < 1.29 is 9.21 Å². The lowest BCUT2D eigenvalue weighted by molar-refractivity contribution is -0.115. The van der Waals surface area contributed by atoms with Gasteiger partial charge in [-0.1, -0.05) is 11.8 Å². The van der Waals surface area contributed by atoms with E-state index in [1.54, 1.807) is 6.92 Å². The molecule has 0 fully saturated rings. The van der Waals surface area contributed by atoms with Crippen LogP contribution in [0.15, 0.2) is 9.64 Å². The van der Waals surface area contributed by atoms with E-state index in [1.807, 2.05) is 0 Å². The van der Waals surface area contributed by atoms with Crippen LogP contribution in [0.3, 0.4) is 0 Å². The van der Waals surface area contributed by atoms with E-state index in [4.69, 9.17) is 10.2 Å². The average molecular weight is 173 g/mol. The van der Waals surface area contributed by atoms with Crippen molar-refractivity contribution >= 4 is 17.7 Å². The highest BCUT2D eigenvalue weighted by molar-refractivity contribution is 7.99. The predicted molar refractivity (Wildman–Crippen MR) is 39.0 cm³/mol. The van der Waals surface area contributed by atoms with Crippen LogP contribution in [0.5, 0.6) is 0 Å². The molecule has 0 aliphatic rings. The number of aromatic nitrogens is 2. The molecule has 60 valence electrons. The molecule has 0 spiro atoms. The van der Waals surface area contributed by atoms with Gasteiger partial charge in [-0.3, -0.25) is 4.79 Å². The van der Waals surface area contributed by atoms with Gasteiger partial charge in [0.15, 0.2) is 0 Å². The Bertz CT molecular complexity index is 260. The summed E-state index contributed by atoms with van der Waals surface area (Å²) in [6, 6.07) is 0. The van der Waals surface area contributed by atoms with E-state index >= 15 is 0 Å². The Morgan fingerprint density at radius 2 is 2.45 bits per heavy atom. The fourth-order valence-corrected chi connectivity index (χ4v) is 1.01. The zero-order chi connectivity index (χ0) is 8.27.